The average Bonchev–Trinajstić information content (AvgIpc) is 3.64. The number of hydrogen-bond donors (Lipinski definition) is 0. The molecule has 0 saturated heterocycles. The molecule has 10 nitrogen and oxygen atoms in total. The lowest BCUT2D eigenvalue weighted by atomic mass is 10.0. The van der Waals surface area contributed by atoms with Crippen LogP contribution in [0.2, 0.25) is 0 Å². The van der Waals surface area contributed by atoms with Gasteiger partial charge in [-0.1, -0.05) is 48.7 Å². The summed E-state index contributed by atoms with van der Waals surface area (Å²) in [6, 6.07) is 15.4. The number of nitrogens with zero attached hydrogens (tertiary/aromatic N) is 6. The summed E-state index contributed by atoms with van der Waals surface area (Å²) in [5.74, 6) is 1.25. The van der Waals surface area contributed by atoms with Gasteiger partial charge in [-0.3, -0.25) is 14.3 Å². The minimum absolute atomic E-state index is 0.00590. The second-order valence-corrected chi connectivity index (χ2v) is 10.4. The van der Waals surface area contributed by atoms with Crippen LogP contribution < -0.4 is 9.64 Å². The number of anilines is 1. The summed E-state index contributed by atoms with van der Waals surface area (Å²) in [5.41, 5.74) is 3.46. The molecule has 1 aliphatic rings. The van der Waals surface area contributed by atoms with Crippen LogP contribution in [-0.2, 0) is 22.7 Å². The molecule has 10 heteroatoms. The number of amides is 2. The summed E-state index contributed by atoms with van der Waals surface area (Å²) < 4.78 is 13.2. The molecular formula is C31H36N6O4. The molecule has 4 aromatic rings. The standard InChI is InChI=1S/C31H36N6O4/c1-23-33-31(41-34-23)27-11-6-7-12-29(27)40-22-30(39)35-16-8-4-3-5-9-18-37(24(2)38)28-19-25(13-14-26(28)21-35)20-36-17-10-15-32-36/h6-7,10-15,17,19H,3-5,8-9,16,18,20-22H2,1-2H3. The zero-order chi connectivity index (χ0) is 28.6. The molecule has 0 N–H and O–H groups in total. The Morgan fingerprint density at radius 2 is 1.80 bits per heavy atom. The number of hydrogen-bond acceptors (Lipinski definition) is 7. The molecule has 5 rings (SSSR count). The Morgan fingerprint density at radius 1 is 1.00 bits per heavy atom. The van der Waals surface area contributed by atoms with Crippen molar-refractivity contribution in [2.45, 2.75) is 59.0 Å². The predicted octanol–water partition coefficient (Wildman–Crippen LogP) is 5.01. The second kappa shape index (κ2) is 13.3. The van der Waals surface area contributed by atoms with Crippen LogP contribution in [0, 0.1) is 6.92 Å². The Balaban J connectivity index is 1.39. The SMILES string of the molecule is CC(=O)N1CCCCCCCN(C(=O)COc2ccccc2-c2nc(C)no2)Cc2ccc(Cn3cccn3)cc21. The zero-order valence-corrected chi connectivity index (χ0v) is 23.7. The van der Waals surface area contributed by atoms with E-state index in [1.165, 1.54) is 0 Å². The van der Waals surface area contributed by atoms with Gasteiger partial charge in [0.2, 0.25) is 5.91 Å². The van der Waals surface area contributed by atoms with E-state index in [9.17, 15) is 9.59 Å². The molecule has 0 bridgehead atoms. The first kappa shape index (κ1) is 28.1. The van der Waals surface area contributed by atoms with Crippen LogP contribution in [0.5, 0.6) is 5.75 Å². The van der Waals surface area contributed by atoms with Crippen LogP contribution >= 0.6 is 0 Å². The molecule has 0 unspecified atom stereocenters. The molecule has 0 fully saturated rings. The van der Waals surface area contributed by atoms with Crippen molar-refractivity contribution >= 4 is 17.5 Å². The third kappa shape index (κ3) is 7.19. The van der Waals surface area contributed by atoms with E-state index in [4.69, 9.17) is 9.26 Å². The predicted molar refractivity (Wildman–Crippen MR) is 154 cm³/mol. The molecule has 2 aromatic carbocycles. The lowest BCUT2D eigenvalue weighted by Gasteiger charge is -2.29. The van der Waals surface area contributed by atoms with Crippen molar-refractivity contribution in [1.82, 2.24) is 24.8 Å². The van der Waals surface area contributed by atoms with E-state index in [-0.39, 0.29) is 18.4 Å². The van der Waals surface area contributed by atoms with Crippen molar-refractivity contribution in [3.63, 3.8) is 0 Å². The van der Waals surface area contributed by atoms with E-state index in [1.54, 1.807) is 26.1 Å². The van der Waals surface area contributed by atoms with Crippen LogP contribution in [0.15, 0.2) is 65.4 Å². The highest BCUT2D eigenvalue weighted by atomic mass is 16.5. The lowest BCUT2D eigenvalue weighted by molar-refractivity contribution is -0.134. The van der Waals surface area contributed by atoms with Gasteiger partial charge in [-0.25, -0.2) is 0 Å². The minimum Gasteiger partial charge on any atom is -0.483 e. The maximum absolute atomic E-state index is 13.6. The summed E-state index contributed by atoms with van der Waals surface area (Å²) >= 11 is 0. The maximum atomic E-state index is 13.6. The third-order valence-corrected chi connectivity index (χ3v) is 7.24. The number of carbonyl (C=O) groups is 2. The summed E-state index contributed by atoms with van der Waals surface area (Å²) in [6.07, 6.45) is 8.65. The van der Waals surface area contributed by atoms with E-state index < -0.39 is 0 Å². The van der Waals surface area contributed by atoms with Crippen molar-refractivity contribution < 1.29 is 18.8 Å². The molecule has 2 amide bonds. The van der Waals surface area contributed by atoms with Gasteiger partial charge in [0.25, 0.3) is 11.8 Å². The van der Waals surface area contributed by atoms with Crippen molar-refractivity contribution in [1.29, 1.82) is 0 Å². The molecule has 1 aliphatic heterocycles. The van der Waals surface area contributed by atoms with Crippen molar-refractivity contribution in [2.24, 2.45) is 0 Å². The molecular weight excluding hydrogens is 520 g/mol. The van der Waals surface area contributed by atoms with Crippen molar-refractivity contribution in [2.75, 3.05) is 24.6 Å². The monoisotopic (exact) mass is 556 g/mol. The number of rotatable bonds is 6. The summed E-state index contributed by atoms with van der Waals surface area (Å²) in [6.45, 7) is 5.47. The topological polar surface area (TPSA) is 107 Å². The summed E-state index contributed by atoms with van der Waals surface area (Å²) in [4.78, 5) is 34.4. The van der Waals surface area contributed by atoms with Gasteiger partial charge in [-0.2, -0.15) is 10.1 Å². The third-order valence-electron chi connectivity index (χ3n) is 7.24. The minimum atomic E-state index is -0.132. The number of ether oxygens (including phenoxy) is 1. The van der Waals surface area contributed by atoms with Gasteiger partial charge in [0.15, 0.2) is 12.4 Å². The largest absolute Gasteiger partial charge is 0.483 e. The highest BCUT2D eigenvalue weighted by Crippen LogP contribution is 2.29. The molecule has 41 heavy (non-hydrogen) atoms. The van der Waals surface area contributed by atoms with Crippen LogP contribution in [-0.4, -0.2) is 56.3 Å². The van der Waals surface area contributed by atoms with Gasteiger partial charge >= 0.3 is 0 Å². The fraction of sp³-hybridized carbons (Fsp3) is 0.387. The average molecular weight is 557 g/mol. The van der Waals surface area contributed by atoms with Crippen molar-refractivity contribution in [3.05, 3.63) is 77.9 Å². The molecule has 0 saturated carbocycles. The molecule has 0 spiro atoms. The van der Waals surface area contributed by atoms with Gasteiger partial charge in [0.1, 0.15) is 5.75 Å². The zero-order valence-electron chi connectivity index (χ0n) is 23.7. The van der Waals surface area contributed by atoms with Gasteiger partial charge in [0, 0.05) is 44.6 Å². The number of para-hydroxylation sites is 1. The first-order chi connectivity index (χ1) is 20.0. The Labute approximate surface area is 239 Å². The van der Waals surface area contributed by atoms with Crippen LogP contribution in [0.4, 0.5) is 5.69 Å². The van der Waals surface area contributed by atoms with E-state index in [0.717, 1.165) is 48.9 Å². The first-order valence-electron chi connectivity index (χ1n) is 14.2. The molecule has 2 aromatic heterocycles. The smallest absolute Gasteiger partial charge is 0.261 e. The quantitative estimate of drug-likeness (QED) is 0.328. The fourth-order valence-electron chi connectivity index (χ4n) is 5.13. The van der Waals surface area contributed by atoms with Crippen LogP contribution in [0.25, 0.3) is 11.5 Å². The highest BCUT2D eigenvalue weighted by molar-refractivity contribution is 5.92. The number of fused-ring (bicyclic) bond motifs is 1. The van der Waals surface area contributed by atoms with Gasteiger partial charge in [-0.15, -0.1) is 0 Å². The Hall–Kier alpha value is -4.47. The Morgan fingerprint density at radius 3 is 2.56 bits per heavy atom. The Bertz CT molecular complexity index is 1470. The van der Waals surface area contributed by atoms with Gasteiger partial charge in [0.05, 0.1) is 12.1 Å². The van der Waals surface area contributed by atoms with E-state index >= 15 is 0 Å². The lowest BCUT2D eigenvalue weighted by Crippen LogP contribution is -2.37. The number of carbonyl (C=O) groups excluding carboxylic acids is 2. The van der Waals surface area contributed by atoms with Gasteiger partial charge < -0.3 is 19.1 Å². The second-order valence-electron chi connectivity index (χ2n) is 10.4. The van der Waals surface area contributed by atoms with Crippen molar-refractivity contribution in [3.8, 4) is 17.2 Å². The fourth-order valence-corrected chi connectivity index (χ4v) is 5.13. The first-order valence-corrected chi connectivity index (χ1v) is 14.2. The molecule has 0 aliphatic carbocycles. The Kier molecular flexibility index (Phi) is 9.08. The van der Waals surface area contributed by atoms with Gasteiger partial charge in [-0.05, 0) is 55.2 Å². The number of aromatic nitrogens is 4. The van der Waals surface area contributed by atoms with E-state index in [2.05, 4.69) is 21.3 Å². The molecule has 0 atom stereocenters. The maximum Gasteiger partial charge on any atom is 0.261 e. The van der Waals surface area contributed by atoms with Crippen LogP contribution in [0.3, 0.4) is 0 Å². The van der Waals surface area contributed by atoms with E-state index in [0.29, 0.717) is 49.2 Å². The number of benzene rings is 2. The summed E-state index contributed by atoms with van der Waals surface area (Å²) in [7, 11) is 0. The molecule has 0 radical (unpaired) electrons. The highest BCUT2D eigenvalue weighted by Gasteiger charge is 2.22. The molecule has 214 valence electrons. The summed E-state index contributed by atoms with van der Waals surface area (Å²) in [5, 5.41) is 8.19. The number of aryl methyl sites for hydroxylation is 1. The van der Waals surface area contributed by atoms with Crippen LogP contribution in [0.1, 0.15) is 56.0 Å². The normalized spacial score (nSPS) is 14.6. The molecule has 3 heterocycles. The van der Waals surface area contributed by atoms with E-state index in [1.807, 2.05) is 57.1 Å².